The number of nitrogens with one attached hydrogen (secondary N) is 1. The van der Waals surface area contributed by atoms with Crippen molar-refractivity contribution in [3.05, 3.63) is 51.6 Å². The van der Waals surface area contributed by atoms with Gasteiger partial charge in [-0.3, -0.25) is 5.32 Å². The Morgan fingerprint density at radius 3 is 3.03 bits per heavy atom. The molecule has 4 heterocycles. The quantitative estimate of drug-likeness (QED) is 0.519. The second-order valence-electron chi connectivity index (χ2n) is 7.42. The van der Waals surface area contributed by atoms with Gasteiger partial charge in [0.1, 0.15) is 16.6 Å². The molecule has 0 spiro atoms. The number of hydrogen-bond acceptors (Lipinski definition) is 11. The van der Waals surface area contributed by atoms with Gasteiger partial charge in [0.05, 0.1) is 18.2 Å². The van der Waals surface area contributed by atoms with E-state index in [-0.39, 0.29) is 22.9 Å². The molecule has 0 saturated carbocycles. The zero-order valence-corrected chi connectivity index (χ0v) is 18.7. The van der Waals surface area contributed by atoms with E-state index in [9.17, 15) is 9.90 Å². The van der Waals surface area contributed by atoms with Crippen molar-refractivity contribution in [2.24, 2.45) is 0 Å². The van der Waals surface area contributed by atoms with Gasteiger partial charge in [-0.05, 0) is 30.9 Å². The number of benzene rings is 1. The highest BCUT2D eigenvalue weighted by atomic mass is 32.2. The maximum Gasteiger partial charge on any atom is 0.338 e. The van der Waals surface area contributed by atoms with Crippen LogP contribution in [0.2, 0.25) is 0 Å². The number of fused-ring (bicyclic) bond motifs is 2. The van der Waals surface area contributed by atoms with Gasteiger partial charge in [-0.1, -0.05) is 23.0 Å². The van der Waals surface area contributed by atoms with Crippen LogP contribution in [0.15, 0.2) is 27.8 Å². The van der Waals surface area contributed by atoms with Gasteiger partial charge >= 0.3 is 5.97 Å². The number of thioether (sulfide) groups is 2. The van der Waals surface area contributed by atoms with Gasteiger partial charge < -0.3 is 24.0 Å². The fraction of sp³-hybridized carbons (Fsp3) is 0.450. The summed E-state index contributed by atoms with van der Waals surface area (Å²) in [5, 5.41) is 18.9. The van der Waals surface area contributed by atoms with Crippen LogP contribution in [0.25, 0.3) is 0 Å². The molecule has 3 aliphatic rings. The van der Waals surface area contributed by atoms with E-state index in [1.165, 1.54) is 0 Å². The summed E-state index contributed by atoms with van der Waals surface area (Å²) in [5.74, 6) is 1.88. The van der Waals surface area contributed by atoms with Crippen molar-refractivity contribution in [1.29, 1.82) is 0 Å². The summed E-state index contributed by atoms with van der Waals surface area (Å²) >= 11 is 3.33. The number of carbonyl (C=O) groups is 1. The molecule has 0 amide bonds. The highest BCUT2D eigenvalue weighted by Gasteiger charge is 2.43. The summed E-state index contributed by atoms with van der Waals surface area (Å²) in [6, 6.07) is 3.48. The monoisotopic (exact) mass is 462 g/mol. The Morgan fingerprint density at radius 2 is 2.26 bits per heavy atom. The van der Waals surface area contributed by atoms with Gasteiger partial charge in [-0.15, -0.1) is 11.8 Å². The van der Waals surface area contributed by atoms with Gasteiger partial charge in [0.2, 0.25) is 5.89 Å². The number of esters is 1. The van der Waals surface area contributed by atoms with E-state index in [1.54, 1.807) is 36.5 Å². The molecule has 1 aromatic heterocycles. The Morgan fingerprint density at radius 1 is 1.39 bits per heavy atom. The number of carbonyl (C=O) groups excluding carboxylic acids is 1. The van der Waals surface area contributed by atoms with E-state index < -0.39 is 6.79 Å². The predicted molar refractivity (Wildman–Crippen MR) is 115 cm³/mol. The van der Waals surface area contributed by atoms with Crippen LogP contribution in [-0.4, -0.2) is 50.8 Å². The van der Waals surface area contributed by atoms with Gasteiger partial charge in [-0.2, -0.15) is 4.98 Å². The number of hydrogen-bond donors (Lipinski definition) is 2. The molecular formula is C20H22N4O5S2. The highest BCUT2D eigenvalue weighted by Crippen LogP contribution is 2.51. The second-order valence-corrected chi connectivity index (χ2v) is 9.49. The lowest BCUT2D eigenvalue weighted by Crippen LogP contribution is -2.41. The lowest BCUT2D eigenvalue weighted by atomic mass is 10.00. The SMILES string of the molecule is Cc1noc(C2CSC3c4c(OCO)ccc(C)c4C(=O)OCCC4=CS[C@H](N2)N43)n1. The normalized spacial score (nSPS) is 25.4. The van der Waals surface area contributed by atoms with E-state index >= 15 is 0 Å². The molecule has 2 aromatic rings. The van der Waals surface area contributed by atoms with E-state index in [0.29, 0.717) is 47.4 Å². The Balaban J connectivity index is 1.63. The first-order valence-corrected chi connectivity index (χ1v) is 11.9. The van der Waals surface area contributed by atoms with Crippen LogP contribution in [0.3, 0.4) is 0 Å². The smallest absolute Gasteiger partial charge is 0.338 e. The summed E-state index contributed by atoms with van der Waals surface area (Å²) in [4.78, 5) is 19.7. The number of cyclic esters (lactones) is 1. The van der Waals surface area contributed by atoms with Crippen LogP contribution >= 0.6 is 23.5 Å². The van der Waals surface area contributed by atoms with Crippen molar-refractivity contribution in [2.75, 3.05) is 19.2 Å². The molecule has 0 bridgehead atoms. The van der Waals surface area contributed by atoms with Crippen LogP contribution < -0.4 is 10.1 Å². The standard InChI is InChI=1S/C20H22N4O5S2/c1-10-3-4-14(28-9-25)16-15(10)19(26)27-6-5-12-7-31-20-22-13(8-30-18(16)24(12)20)17-21-11(2)23-29-17/h3-4,7,13,18,20,22,25H,5-6,8-9H2,1-2H3/t13?,18?,20-/m1/s1. The lowest BCUT2D eigenvalue weighted by Gasteiger charge is -2.35. The third kappa shape index (κ3) is 3.69. The number of aliphatic hydroxyl groups excluding tert-OH is 1. The largest absolute Gasteiger partial charge is 0.467 e. The first kappa shape index (κ1) is 20.7. The Bertz CT molecular complexity index is 1040. The number of aliphatic hydroxyl groups is 1. The number of aromatic nitrogens is 2. The summed E-state index contributed by atoms with van der Waals surface area (Å²) in [7, 11) is 0. The van der Waals surface area contributed by atoms with Crippen molar-refractivity contribution in [3.63, 3.8) is 0 Å². The molecule has 2 unspecified atom stereocenters. The molecule has 1 aromatic carbocycles. The minimum Gasteiger partial charge on any atom is -0.467 e. The van der Waals surface area contributed by atoms with Crippen molar-refractivity contribution < 1.29 is 23.9 Å². The third-order valence-corrected chi connectivity index (χ3v) is 7.79. The number of ether oxygens (including phenoxy) is 2. The maximum absolute atomic E-state index is 13.0. The van der Waals surface area contributed by atoms with Crippen molar-refractivity contribution in [3.8, 4) is 5.75 Å². The average Bonchev–Trinajstić information content (AvgIpc) is 3.31. The van der Waals surface area contributed by atoms with Crippen LogP contribution in [0.5, 0.6) is 5.75 Å². The first-order valence-electron chi connectivity index (χ1n) is 9.92. The van der Waals surface area contributed by atoms with Gasteiger partial charge in [-0.25, -0.2) is 4.79 Å². The number of rotatable bonds is 3. The van der Waals surface area contributed by atoms with Crippen LogP contribution in [0, 0.1) is 13.8 Å². The second kappa shape index (κ2) is 8.38. The van der Waals surface area contributed by atoms with Crippen molar-refractivity contribution in [1.82, 2.24) is 20.4 Å². The molecule has 164 valence electrons. The minimum atomic E-state index is -0.481. The van der Waals surface area contributed by atoms with Gasteiger partial charge in [0.15, 0.2) is 12.6 Å². The maximum atomic E-state index is 13.0. The van der Waals surface area contributed by atoms with E-state index in [1.807, 2.05) is 13.0 Å². The summed E-state index contributed by atoms with van der Waals surface area (Å²) in [5.41, 5.74) is 3.01. The summed E-state index contributed by atoms with van der Waals surface area (Å²) in [6.07, 6.45) is 0.613. The summed E-state index contributed by atoms with van der Waals surface area (Å²) < 4.78 is 16.6. The van der Waals surface area contributed by atoms with Crippen LogP contribution in [0.1, 0.15) is 51.0 Å². The predicted octanol–water partition coefficient (Wildman–Crippen LogP) is 2.83. The highest BCUT2D eigenvalue weighted by molar-refractivity contribution is 8.03. The molecule has 0 radical (unpaired) electrons. The van der Waals surface area contributed by atoms with E-state index in [4.69, 9.17) is 14.0 Å². The van der Waals surface area contributed by atoms with Crippen LogP contribution in [0.4, 0.5) is 0 Å². The minimum absolute atomic E-state index is 0.0873. The number of aryl methyl sites for hydroxylation is 2. The molecule has 3 aliphatic heterocycles. The fourth-order valence-corrected chi connectivity index (χ4v) is 6.72. The molecule has 9 nitrogen and oxygen atoms in total. The van der Waals surface area contributed by atoms with Crippen molar-refractivity contribution >= 4 is 29.5 Å². The zero-order valence-electron chi connectivity index (χ0n) is 17.0. The van der Waals surface area contributed by atoms with E-state index in [0.717, 1.165) is 11.3 Å². The number of nitrogens with zero attached hydrogens (tertiary/aromatic N) is 3. The molecule has 1 fully saturated rings. The Hall–Kier alpha value is -2.21. The molecule has 3 atom stereocenters. The average molecular weight is 463 g/mol. The Kier molecular flexibility index (Phi) is 5.59. The molecule has 31 heavy (non-hydrogen) atoms. The van der Waals surface area contributed by atoms with E-state index in [2.05, 4.69) is 25.8 Å². The van der Waals surface area contributed by atoms with Gasteiger partial charge in [0.25, 0.3) is 0 Å². The lowest BCUT2D eigenvalue weighted by molar-refractivity contribution is 0.0504. The van der Waals surface area contributed by atoms with Crippen molar-refractivity contribution in [2.45, 2.75) is 37.2 Å². The third-order valence-electron chi connectivity index (χ3n) is 5.45. The Labute approximate surface area is 187 Å². The molecule has 11 heteroatoms. The molecular weight excluding hydrogens is 440 g/mol. The van der Waals surface area contributed by atoms with Crippen LogP contribution in [-0.2, 0) is 4.74 Å². The van der Waals surface area contributed by atoms with Gasteiger partial charge in [0, 0.05) is 23.4 Å². The topological polar surface area (TPSA) is 110 Å². The molecule has 1 saturated heterocycles. The summed E-state index contributed by atoms with van der Waals surface area (Å²) in [6.45, 7) is 3.50. The first-order chi connectivity index (χ1) is 15.1. The molecule has 0 aliphatic carbocycles. The fourth-order valence-electron chi connectivity index (χ4n) is 4.05. The molecule has 5 rings (SSSR count). The molecule has 2 N–H and O–H groups in total. The zero-order chi connectivity index (χ0) is 21.5.